The summed E-state index contributed by atoms with van der Waals surface area (Å²) in [6.07, 6.45) is -0.952. The lowest BCUT2D eigenvalue weighted by atomic mass is 10.1. The molecule has 3 rings (SSSR count). The molecule has 2 aliphatic rings. The molecule has 2 heterocycles. The van der Waals surface area contributed by atoms with Crippen molar-refractivity contribution in [1.29, 1.82) is 0 Å². The Labute approximate surface area is 121 Å². The Bertz CT molecular complexity index is 623. The van der Waals surface area contributed by atoms with Crippen molar-refractivity contribution in [3.05, 3.63) is 35.6 Å². The fraction of sp³-hybridized carbons (Fsp3) is 0.500. The normalized spacial score (nSPS) is 32.0. The summed E-state index contributed by atoms with van der Waals surface area (Å²) in [5, 5.41) is 0. The first-order chi connectivity index (χ1) is 9.94. The molecule has 0 spiro atoms. The molecule has 0 bridgehead atoms. The largest absolute Gasteiger partial charge is 0.404 e. The maximum absolute atomic E-state index is 12.9. The summed E-state index contributed by atoms with van der Waals surface area (Å²) in [4.78, 5) is 1.74. The van der Waals surface area contributed by atoms with Gasteiger partial charge in [0.15, 0.2) is 6.23 Å². The second-order valence-corrected chi connectivity index (χ2v) is 6.08. The van der Waals surface area contributed by atoms with Gasteiger partial charge in [-0.25, -0.2) is 12.8 Å². The lowest BCUT2D eigenvalue weighted by Gasteiger charge is -2.40. The minimum atomic E-state index is -4.14. The van der Waals surface area contributed by atoms with Crippen LogP contribution in [0.15, 0.2) is 24.3 Å². The van der Waals surface area contributed by atoms with Crippen molar-refractivity contribution in [2.45, 2.75) is 18.6 Å². The van der Waals surface area contributed by atoms with Crippen LogP contribution >= 0.6 is 0 Å². The van der Waals surface area contributed by atoms with E-state index in [9.17, 15) is 12.8 Å². The molecule has 116 valence electrons. The van der Waals surface area contributed by atoms with Crippen LogP contribution < -0.4 is 5.73 Å². The number of morpholine rings is 1. The second kappa shape index (κ2) is 5.27. The number of benzene rings is 1. The van der Waals surface area contributed by atoms with Crippen LogP contribution in [-0.2, 0) is 30.0 Å². The second-order valence-electron chi connectivity index (χ2n) is 4.90. The Morgan fingerprint density at radius 2 is 2.10 bits per heavy atom. The third kappa shape index (κ3) is 2.80. The minimum Gasteiger partial charge on any atom is -0.343 e. The van der Waals surface area contributed by atoms with E-state index in [1.54, 1.807) is 17.0 Å². The van der Waals surface area contributed by atoms with Gasteiger partial charge in [0.1, 0.15) is 5.82 Å². The molecule has 2 aliphatic heterocycles. The summed E-state index contributed by atoms with van der Waals surface area (Å²) in [6, 6.07) is 5.93. The molecular formula is C12H15FN2O5S. The Balaban J connectivity index is 1.84. The molecule has 7 nitrogen and oxygen atoms in total. The van der Waals surface area contributed by atoms with E-state index in [-0.39, 0.29) is 19.0 Å². The molecule has 2 atom stereocenters. The van der Waals surface area contributed by atoms with Gasteiger partial charge in [-0.2, -0.15) is 8.42 Å². The minimum absolute atomic E-state index is 0.156. The van der Waals surface area contributed by atoms with Crippen molar-refractivity contribution in [3.63, 3.8) is 0 Å². The average Bonchev–Trinajstić information content (AvgIpc) is 2.73. The van der Waals surface area contributed by atoms with Gasteiger partial charge in [0.2, 0.25) is 5.79 Å². The zero-order valence-corrected chi connectivity index (χ0v) is 11.9. The van der Waals surface area contributed by atoms with E-state index in [1.807, 2.05) is 0 Å². The number of ether oxygens (including phenoxy) is 1. The Morgan fingerprint density at radius 1 is 1.38 bits per heavy atom. The standard InChI is InChI=1S/C12H15FN2O5S/c13-10-3-1-9(2-4-10)7-15-5-6-18-12(8-14)11(15)19-21(16,17)20-12/h1-4,11H,5-8,14H2. The molecule has 1 aromatic carbocycles. The monoisotopic (exact) mass is 318 g/mol. The van der Waals surface area contributed by atoms with Crippen LogP contribution in [0.2, 0.25) is 0 Å². The van der Waals surface area contributed by atoms with Gasteiger partial charge in [-0.3, -0.25) is 4.90 Å². The van der Waals surface area contributed by atoms with Crippen LogP contribution in [0.5, 0.6) is 0 Å². The fourth-order valence-corrected chi connectivity index (χ4v) is 3.56. The fourth-order valence-electron chi connectivity index (χ4n) is 2.49. The lowest BCUT2D eigenvalue weighted by molar-refractivity contribution is -0.258. The predicted molar refractivity (Wildman–Crippen MR) is 69.4 cm³/mol. The van der Waals surface area contributed by atoms with Crippen molar-refractivity contribution in [3.8, 4) is 0 Å². The van der Waals surface area contributed by atoms with Crippen LogP contribution in [0, 0.1) is 5.82 Å². The quantitative estimate of drug-likeness (QED) is 0.834. The highest BCUT2D eigenvalue weighted by molar-refractivity contribution is 7.82. The molecule has 2 unspecified atom stereocenters. The van der Waals surface area contributed by atoms with E-state index >= 15 is 0 Å². The van der Waals surface area contributed by atoms with Gasteiger partial charge in [-0.15, -0.1) is 0 Å². The van der Waals surface area contributed by atoms with E-state index in [2.05, 4.69) is 0 Å². The molecule has 2 fully saturated rings. The third-order valence-corrected chi connectivity index (χ3v) is 4.37. The van der Waals surface area contributed by atoms with Gasteiger partial charge >= 0.3 is 10.4 Å². The number of halogens is 1. The summed E-state index contributed by atoms with van der Waals surface area (Å²) < 4.78 is 51.3. The van der Waals surface area contributed by atoms with E-state index in [1.165, 1.54) is 12.1 Å². The molecule has 0 saturated carbocycles. The Kier molecular flexibility index (Phi) is 3.72. The lowest BCUT2D eigenvalue weighted by Crippen LogP contribution is -2.61. The number of rotatable bonds is 3. The van der Waals surface area contributed by atoms with Crippen molar-refractivity contribution in [1.82, 2.24) is 4.90 Å². The van der Waals surface area contributed by atoms with Gasteiger partial charge in [0.05, 0.1) is 13.2 Å². The van der Waals surface area contributed by atoms with Crippen molar-refractivity contribution >= 4 is 10.4 Å². The van der Waals surface area contributed by atoms with Gasteiger partial charge in [-0.05, 0) is 17.7 Å². The molecule has 2 saturated heterocycles. The first kappa shape index (κ1) is 14.8. The highest BCUT2D eigenvalue weighted by atomic mass is 32.3. The number of hydrogen-bond acceptors (Lipinski definition) is 7. The van der Waals surface area contributed by atoms with E-state index in [0.29, 0.717) is 13.1 Å². The third-order valence-electron chi connectivity index (χ3n) is 3.47. The number of nitrogens with two attached hydrogens (primary N) is 1. The summed E-state index contributed by atoms with van der Waals surface area (Å²) in [7, 11) is -4.14. The number of nitrogens with zero attached hydrogens (tertiary/aromatic N) is 1. The van der Waals surface area contributed by atoms with E-state index in [4.69, 9.17) is 18.8 Å². The average molecular weight is 318 g/mol. The van der Waals surface area contributed by atoms with Gasteiger partial charge in [-0.1, -0.05) is 12.1 Å². The summed E-state index contributed by atoms with van der Waals surface area (Å²) >= 11 is 0. The van der Waals surface area contributed by atoms with Gasteiger partial charge < -0.3 is 10.5 Å². The van der Waals surface area contributed by atoms with Crippen LogP contribution in [-0.4, -0.2) is 45.0 Å². The molecule has 0 aromatic heterocycles. The SMILES string of the molecule is NCC12OCCN(Cc3ccc(F)cc3)C1OS(=O)(=O)O2. The number of fused-ring (bicyclic) bond motifs is 1. The Morgan fingerprint density at radius 3 is 2.76 bits per heavy atom. The maximum Gasteiger partial charge on any atom is 0.404 e. The van der Waals surface area contributed by atoms with Gasteiger partial charge in [0.25, 0.3) is 0 Å². The first-order valence-corrected chi connectivity index (χ1v) is 7.74. The van der Waals surface area contributed by atoms with E-state index in [0.717, 1.165) is 5.56 Å². The van der Waals surface area contributed by atoms with Gasteiger partial charge in [0, 0.05) is 13.1 Å². The molecule has 0 radical (unpaired) electrons. The summed E-state index contributed by atoms with van der Waals surface area (Å²) in [6.45, 7) is 0.919. The molecule has 21 heavy (non-hydrogen) atoms. The van der Waals surface area contributed by atoms with Crippen molar-refractivity contribution in [2.24, 2.45) is 5.73 Å². The van der Waals surface area contributed by atoms with E-state index < -0.39 is 22.4 Å². The topological polar surface area (TPSA) is 91.1 Å². The number of hydrogen-bond donors (Lipinski definition) is 1. The van der Waals surface area contributed by atoms with Crippen molar-refractivity contribution < 1.29 is 25.9 Å². The summed E-state index contributed by atoms with van der Waals surface area (Å²) in [5.74, 6) is -1.85. The summed E-state index contributed by atoms with van der Waals surface area (Å²) in [5.41, 5.74) is 6.42. The predicted octanol–water partition coefficient (Wildman–Crippen LogP) is -0.0694. The molecule has 2 N–H and O–H groups in total. The molecule has 0 aliphatic carbocycles. The highest BCUT2D eigenvalue weighted by Gasteiger charge is 2.58. The Hall–Kier alpha value is -1.10. The van der Waals surface area contributed by atoms with Crippen LogP contribution in [0.25, 0.3) is 0 Å². The first-order valence-electron chi connectivity index (χ1n) is 6.40. The molecule has 9 heteroatoms. The van der Waals surface area contributed by atoms with Crippen LogP contribution in [0.3, 0.4) is 0 Å². The maximum atomic E-state index is 12.9. The smallest absolute Gasteiger partial charge is 0.343 e. The molecule has 0 amide bonds. The molecular weight excluding hydrogens is 303 g/mol. The molecule has 1 aromatic rings. The zero-order chi connectivity index (χ0) is 15.1. The van der Waals surface area contributed by atoms with Crippen molar-refractivity contribution in [2.75, 3.05) is 19.7 Å². The highest BCUT2D eigenvalue weighted by Crippen LogP contribution is 2.37. The van der Waals surface area contributed by atoms with Crippen LogP contribution in [0.4, 0.5) is 4.39 Å². The van der Waals surface area contributed by atoms with Crippen LogP contribution in [0.1, 0.15) is 5.56 Å². The zero-order valence-electron chi connectivity index (χ0n) is 11.1.